The number of aliphatic hydroxyl groups excluding tert-OH is 1. The summed E-state index contributed by atoms with van der Waals surface area (Å²) in [7, 11) is 0. The van der Waals surface area contributed by atoms with E-state index in [-0.39, 0.29) is 17.6 Å². The zero-order valence-electron chi connectivity index (χ0n) is 9.11. The first-order valence-electron chi connectivity index (χ1n) is 5.84. The van der Waals surface area contributed by atoms with E-state index in [0.717, 1.165) is 38.6 Å². The Hall–Kier alpha value is -0.610. The molecule has 0 radical (unpaired) electrons. The summed E-state index contributed by atoms with van der Waals surface area (Å²) >= 11 is 0. The van der Waals surface area contributed by atoms with Gasteiger partial charge in [-0.25, -0.2) is 0 Å². The van der Waals surface area contributed by atoms with Gasteiger partial charge in [0.1, 0.15) is 0 Å². The van der Waals surface area contributed by atoms with Gasteiger partial charge in [-0.1, -0.05) is 0 Å². The van der Waals surface area contributed by atoms with Crippen molar-refractivity contribution in [2.24, 2.45) is 5.73 Å². The number of amides is 1. The Balaban J connectivity index is 1.84. The Bertz CT molecular complexity index is 251. The number of hydrogen-bond donors (Lipinski definition) is 2. The van der Waals surface area contributed by atoms with Gasteiger partial charge in [0.15, 0.2) is 0 Å². The summed E-state index contributed by atoms with van der Waals surface area (Å²) in [4.78, 5) is 13.7. The molecule has 1 aliphatic carbocycles. The summed E-state index contributed by atoms with van der Waals surface area (Å²) < 4.78 is 0. The van der Waals surface area contributed by atoms with E-state index in [4.69, 9.17) is 5.73 Å². The Morgan fingerprint density at radius 1 is 1.47 bits per heavy atom. The highest BCUT2D eigenvalue weighted by molar-refractivity contribution is 5.77. The summed E-state index contributed by atoms with van der Waals surface area (Å²) in [5.74, 6) is 0.121. The van der Waals surface area contributed by atoms with Gasteiger partial charge in [-0.05, 0) is 32.1 Å². The number of carbonyl (C=O) groups is 1. The average molecular weight is 212 g/mol. The number of aliphatic hydroxyl groups is 1. The van der Waals surface area contributed by atoms with Crippen molar-refractivity contribution >= 4 is 5.91 Å². The van der Waals surface area contributed by atoms with Crippen molar-refractivity contribution in [3.63, 3.8) is 0 Å². The minimum absolute atomic E-state index is 0.121. The number of hydrogen-bond acceptors (Lipinski definition) is 3. The topological polar surface area (TPSA) is 66.6 Å². The van der Waals surface area contributed by atoms with Crippen LogP contribution in [0.4, 0.5) is 0 Å². The quantitative estimate of drug-likeness (QED) is 0.689. The van der Waals surface area contributed by atoms with Crippen LogP contribution in [0.2, 0.25) is 0 Å². The molecule has 86 valence electrons. The highest BCUT2D eigenvalue weighted by Gasteiger charge is 2.36. The summed E-state index contributed by atoms with van der Waals surface area (Å²) in [5, 5.41) is 9.47. The van der Waals surface area contributed by atoms with Crippen molar-refractivity contribution in [1.82, 2.24) is 4.90 Å². The molecule has 2 rings (SSSR count). The third-order valence-corrected chi connectivity index (χ3v) is 3.60. The van der Waals surface area contributed by atoms with Gasteiger partial charge in [-0.3, -0.25) is 4.79 Å². The zero-order valence-corrected chi connectivity index (χ0v) is 9.11. The molecule has 0 aromatic heterocycles. The van der Waals surface area contributed by atoms with Gasteiger partial charge in [0.2, 0.25) is 5.91 Å². The van der Waals surface area contributed by atoms with Crippen LogP contribution in [-0.4, -0.2) is 40.6 Å². The molecule has 1 amide bonds. The first-order valence-corrected chi connectivity index (χ1v) is 5.84. The smallest absolute Gasteiger partial charge is 0.224 e. The first-order chi connectivity index (χ1) is 7.09. The molecule has 4 heteroatoms. The molecule has 15 heavy (non-hydrogen) atoms. The maximum Gasteiger partial charge on any atom is 0.224 e. The van der Waals surface area contributed by atoms with Gasteiger partial charge >= 0.3 is 0 Å². The first kappa shape index (κ1) is 10.9. The molecule has 0 aromatic rings. The number of piperidine rings is 1. The number of rotatable bonds is 2. The van der Waals surface area contributed by atoms with E-state index in [1.54, 1.807) is 4.90 Å². The van der Waals surface area contributed by atoms with Crippen LogP contribution in [-0.2, 0) is 4.79 Å². The minimum atomic E-state index is -0.335. The van der Waals surface area contributed by atoms with E-state index in [1.807, 2.05) is 0 Å². The summed E-state index contributed by atoms with van der Waals surface area (Å²) in [6.07, 6.45) is 4.93. The molecule has 1 saturated heterocycles. The van der Waals surface area contributed by atoms with Crippen LogP contribution in [0.3, 0.4) is 0 Å². The Kier molecular flexibility index (Phi) is 2.98. The molecule has 1 heterocycles. The van der Waals surface area contributed by atoms with E-state index >= 15 is 0 Å². The van der Waals surface area contributed by atoms with Crippen LogP contribution in [0.25, 0.3) is 0 Å². The molecule has 2 aliphatic rings. The van der Waals surface area contributed by atoms with Gasteiger partial charge in [0, 0.05) is 25.0 Å². The van der Waals surface area contributed by atoms with Crippen LogP contribution in [0, 0.1) is 0 Å². The zero-order chi connectivity index (χ0) is 10.9. The Labute approximate surface area is 90.4 Å². The van der Waals surface area contributed by atoms with Crippen molar-refractivity contribution in [1.29, 1.82) is 0 Å². The Morgan fingerprint density at radius 2 is 2.20 bits per heavy atom. The van der Waals surface area contributed by atoms with Gasteiger partial charge in [0.05, 0.1) is 6.10 Å². The van der Waals surface area contributed by atoms with E-state index in [0.29, 0.717) is 13.0 Å². The second-order valence-corrected chi connectivity index (χ2v) is 5.03. The minimum Gasteiger partial charge on any atom is -0.391 e. The summed E-state index contributed by atoms with van der Waals surface area (Å²) in [6.45, 7) is 1.28. The van der Waals surface area contributed by atoms with Gasteiger partial charge < -0.3 is 15.7 Å². The number of nitrogens with two attached hydrogens (primary N) is 1. The molecule has 2 fully saturated rings. The van der Waals surface area contributed by atoms with Crippen molar-refractivity contribution in [2.45, 2.75) is 50.2 Å². The van der Waals surface area contributed by atoms with Crippen molar-refractivity contribution in [2.75, 3.05) is 13.1 Å². The fraction of sp³-hybridized carbons (Fsp3) is 0.909. The third-order valence-electron chi connectivity index (χ3n) is 3.60. The van der Waals surface area contributed by atoms with Crippen molar-refractivity contribution < 1.29 is 9.90 Å². The normalized spacial score (nSPS) is 29.7. The third kappa shape index (κ3) is 2.49. The molecule has 0 bridgehead atoms. The number of likely N-dealkylation sites (tertiary alicyclic amines) is 1. The van der Waals surface area contributed by atoms with Crippen molar-refractivity contribution in [3.05, 3.63) is 0 Å². The highest BCUT2D eigenvalue weighted by atomic mass is 16.3. The second-order valence-electron chi connectivity index (χ2n) is 5.03. The molecule has 4 nitrogen and oxygen atoms in total. The van der Waals surface area contributed by atoms with Gasteiger partial charge in [-0.2, -0.15) is 0 Å². The number of carbonyl (C=O) groups excluding carboxylic acids is 1. The van der Waals surface area contributed by atoms with Crippen LogP contribution < -0.4 is 5.73 Å². The van der Waals surface area contributed by atoms with Gasteiger partial charge in [-0.15, -0.1) is 0 Å². The molecule has 3 N–H and O–H groups in total. The lowest BCUT2D eigenvalue weighted by Gasteiger charge is -2.40. The van der Waals surface area contributed by atoms with Gasteiger partial charge in [0.25, 0.3) is 0 Å². The van der Waals surface area contributed by atoms with Crippen LogP contribution >= 0.6 is 0 Å². The second kappa shape index (κ2) is 4.10. The maximum absolute atomic E-state index is 11.9. The van der Waals surface area contributed by atoms with Crippen LogP contribution in [0.15, 0.2) is 0 Å². The molecule has 1 atom stereocenters. The summed E-state index contributed by atoms with van der Waals surface area (Å²) in [6, 6.07) is 0. The standard InChI is InChI=1S/C11H20N2O2/c12-11(4-2-5-11)7-10(15)13-6-1-3-9(14)8-13/h9,14H,1-8,12H2/t9-/m0/s1. The molecule has 1 saturated carbocycles. The maximum atomic E-state index is 11.9. The number of β-amino-alcohol motifs (C(OH)–C–C–N with tert-alkyl or cyclic N) is 1. The van der Waals surface area contributed by atoms with E-state index in [2.05, 4.69) is 0 Å². The van der Waals surface area contributed by atoms with E-state index < -0.39 is 0 Å². The fourth-order valence-corrected chi connectivity index (χ4v) is 2.40. The summed E-state index contributed by atoms with van der Waals surface area (Å²) in [5.41, 5.74) is 5.80. The predicted molar refractivity (Wildman–Crippen MR) is 57.2 cm³/mol. The number of nitrogens with zero attached hydrogens (tertiary/aromatic N) is 1. The lowest BCUT2D eigenvalue weighted by molar-refractivity contribution is -0.136. The molecule has 1 aliphatic heterocycles. The van der Waals surface area contributed by atoms with Crippen LogP contribution in [0.5, 0.6) is 0 Å². The Morgan fingerprint density at radius 3 is 2.73 bits per heavy atom. The predicted octanol–water partition coefficient (Wildman–Crippen LogP) is 0.241. The van der Waals surface area contributed by atoms with Crippen molar-refractivity contribution in [3.8, 4) is 0 Å². The lowest BCUT2D eigenvalue weighted by atomic mass is 9.75. The molecule has 0 aromatic carbocycles. The SMILES string of the molecule is NC1(CC(=O)N2CCC[C@H](O)C2)CCC1. The molecular formula is C11H20N2O2. The molecular weight excluding hydrogens is 192 g/mol. The average Bonchev–Trinajstić information content (AvgIpc) is 2.15. The van der Waals surface area contributed by atoms with E-state index in [9.17, 15) is 9.90 Å². The van der Waals surface area contributed by atoms with E-state index in [1.165, 1.54) is 0 Å². The molecule has 0 spiro atoms. The monoisotopic (exact) mass is 212 g/mol. The lowest BCUT2D eigenvalue weighted by Crippen LogP contribution is -2.52. The highest BCUT2D eigenvalue weighted by Crippen LogP contribution is 2.32. The fourth-order valence-electron chi connectivity index (χ4n) is 2.40. The van der Waals surface area contributed by atoms with Crippen LogP contribution in [0.1, 0.15) is 38.5 Å². The largest absolute Gasteiger partial charge is 0.391 e. The molecule has 0 unspecified atom stereocenters.